The quantitative estimate of drug-likeness (QED) is 0.659. The van der Waals surface area contributed by atoms with Crippen LogP contribution in [0, 0.1) is 0 Å². The summed E-state index contributed by atoms with van der Waals surface area (Å²) in [6, 6.07) is 13.3. The Morgan fingerprint density at radius 3 is 2.27 bits per heavy atom. The molecular weight excluding hydrogens is 400 g/mol. The molecule has 8 heteroatoms. The van der Waals surface area contributed by atoms with Crippen molar-refractivity contribution in [2.24, 2.45) is 0 Å². The Bertz CT molecular complexity index is 888. The fourth-order valence-electron chi connectivity index (χ4n) is 3.37. The monoisotopic (exact) mass is 414 g/mol. The van der Waals surface area contributed by atoms with Gasteiger partial charge in [0.05, 0.1) is 0 Å². The zero-order valence-electron chi connectivity index (χ0n) is 13.6. The van der Waals surface area contributed by atoms with Crippen molar-refractivity contribution in [1.82, 2.24) is 15.8 Å². The normalized spacial score (nSPS) is 17.2. The maximum Gasteiger partial charge on any atom is 0.344 e. The Morgan fingerprint density at radius 1 is 1.04 bits per heavy atom. The molecule has 2 aromatic rings. The van der Waals surface area contributed by atoms with E-state index in [-0.39, 0.29) is 0 Å². The highest BCUT2D eigenvalue weighted by molar-refractivity contribution is 9.10. The van der Waals surface area contributed by atoms with Crippen LogP contribution in [0.15, 0.2) is 53.0 Å². The Hall–Kier alpha value is -2.87. The van der Waals surface area contributed by atoms with Crippen molar-refractivity contribution in [2.75, 3.05) is 5.32 Å². The lowest BCUT2D eigenvalue weighted by Gasteiger charge is -2.20. The van der Waals surface area contributed by atoms with Crippen LogP contribution in [0.3, 0.4) is 0 Å². The smallest absolute Gasteiger partial charge is 0.321 e. The average Bonchev–Trinajstić information content (AvgIpc) is 3.09. The molecule has 5 amide bonds. The second-order valence-corrected chi connectivity index (χ2v) is 7.26. The van der Waals surface area contributed by atoms with E-state index in [0.717, 1.165) is 20.6 Å². The number of hydrogen-bond donors (Lipinski definition) is 3. The third-order valence-electron chi connectivity index (χ3n) is 4.58. The summed E-state index contributed by atoms with van der Waals surface area (Å²) in [6.07, 6.45) is 0.834. The lowest BCUT2D eigenvalue weighted by Crippen LogP contribution is -2.51. The maximum absolute atomic E-state index is 12.8. The molecule has 0 bridgehead atoms. The van der Waals surface area contributed by atoms with Gasteiger partial charge >= 0.3 is 12.1 Å². The molecule has 0 unspecified atom stereocenters. The number of hydrazine groups is 1. The number of rotatable bonds is 2. The number of carbonyl (C=O) groups excluding carboxylic acids is 3. The molecule has 3 N–H and O–H groups in total. The third kappa shape index (κ3) is 2.82. The topological polar surface area (TPSA) is 90.5 Å². The third-order valence-corrected chi connectivity index (χ3v) is 5.11. The zero-order valence-corrected chi connectivity index (χ0v) is 15.2. The molecule has 1 aliphatic heterocycles. The molecule has 1 spiro atoms. The molecule has 1 fully saturated rings. The van der Waals surface area contributed by atoms with Gasteiger partial charge in [0.2, 0.25) is 0 Å². The number of hydrogen-bond acceptors (Lipinski definition) is 3. The molecule has 0 atom stereocenters. The number of carbonyl (C=O) groups is 3. The number of anilines is 1. The van der Waals surface area contributed by atoms with E-state index in [2.05, 4.69) is 32.0 Å². The number of amides is 5. The molecular formula is C18H15BrN4O3. The lowest BCUT2D eigenvalue weighted by molar-refractivity contribution is -0.132. The van der Waals surface area contributed by atoms with E-state index in [0.29, 0.717) is 18.5 Å². The molecule has 2 aliphatic rings. The van der Waals surface area contributed by atoms with Gasteiger partial charge in [0.1, 0.15) is 5.54 Å². The van der Waals surface area contributed by atoms with E-state index in [9.17, 15) is 14.4 Å². The summed E-state index contributed by atoms with van der Waals surface area (Å²) in [5, 5.41) is 6.08. The number of halogens is 1. The molecule has 2 aromatic carbocycles. The summed E-state index contributed by atoms with van der Waals surface area (Å²) >= 11 is 3.31. The SMILES string of the molecule is O=C(Nc1ccc(Br)cc1)NN1C(=O)NC2(Cc3ccccc3C2)C1=O. The van der Waals surface area contributed by atoms with Crippen LogP contribution in [0.5, 0.6) is 0 Å². The first-order chi connectivity index (χ1) is 12.5. The van der Waals surface area contributed by atoms with Gasteiger partial charge in [-0.15, -0.1) is 0 Å². The first-order valence-corrected chi connectivity index (χ1v) is 8.83. The van der Waals surface area contributed by atoms with Gasteiger partial charge in [-0.25, -0.2) is 15.0 Å². The van der Waals surface area contributed by atoms with Crippen molar-refractivity contribution in [3.63, 3.8) is 0 Å². The molecule has 1 saturated heterocycles. The summed E-state index contributed by atoms with van der Waals surface area (Å²) in [5.41, 5.74) is 3.91. The molecule has 26 heavy (non-hydrogen) atoms. The second kappa shape index (κ2) is 6.14. The summed E-state index contributed by atoms with van der Waals surface area (Å²) in [7, 11) is 0. The molecule has 0 radical (unpaired) electrons. The molecule has 132 valence electrons. The number of imide groups is 1. The standard InChI is InChI=1S/C18H15BrN4O3/c19-13-5-7-14(8-6-13)20-16(25)22-23-15(24)18(21-17(23)26)9-11-3-1-2-4-12(11)10-18/h1-8H,9-10H2,(H,21,26)(H2,20,22,25). The van der Waals surface area contributed by atoms with E-state index < -0.39 is 23.5 Å². The molecule has 7 nitrogen and oxygen atoms in total. The molecule has 1 heterocycles. The maximum atomic E-state index is 12.8. The minimum Gasteiger partial charge on any atom is -0.321 e. The number of nitrogens with zero attached hydrogens (tertiary/aromatic N) is 1. The Balaban J connectivity index is 1.47. The molecule has 0 aromatic heterocycles. The lowest BCUT2D eigenvalue weighted by atomic mass is 9.96. The summed E-state index contributed by atoms with van der Waals surface area (Å²) in [6.45, 7) is 0. The van der Waals surface area contributed by atoms with Gasteiger partial charge in [-0.2, -0.15) is 5.01 Å². The van der Waals surface area contributed by atoms with E-state index >= 15 is 0 Å². The van der Waals surface area contributed by atoms with Gasteiger partial charge in [0.15, 0.2) is 0 Å². The Labute approximate surface area is 157 Å². The first kappa shape index (κ1) is 16.6. The first-order valence-electron chi connectivity index (χ1n) is 8.04. The predicted octanol–water partition coefficient (Wildman–Crippen LogP) is 2.58. The van der Waals surface area contributed by atoms with E-state index in [1.54, 1.807) is 24.3 Å². The van der Waals surface area contributed by atoms with Crippen LogP contribution < -0.4 is 16.1 Å². The predicted molar refractivity (Wildman–Crippen MR) is 98.3 cm³/mol. The molecule has 1 aliphatic carbocycles. The van der Waals surface area contributed by atoms with Gasteiger partial charge in [0, 0.05) is 23.0 Å². The van der Waals surface area contributed by atoms with E-state index in [4.69, 9.17) is 0 Å². The number of urea groups is 2. The van der Waals surface area contributed by atoms with Crippen molar-refractivity contribution in [3.8, 4) is 0 Å². The highest BCUT2D eigenvalue weighted by Crippen LogP contribution is 2.34. The largest absolute Gasteiger partial charge is 0.344 e. The van der Waals surface area contributed by atoms with Crippen molar-refractivity contribution >= 4 is 39.6 Å². The highest BCUT2D eigenvalue weighted by Gasteiger charge is 2.54. The average molecular weight is 415 g/mol. The van der Waals surface area contributed by atoms with Crippen molar-refractivity contribution in [3.05, 3.63) is 64.1 Å². The van der Waals surface area contributed by atoms with Crippen LogP contribution in [0.25, 0.3) is 0 Å². The van der Waals surface area contributed by atoms with Gasteiger partial charge in [-0.3, -0.25) is 4.79 Å². The summed E-state index contributed by atoms with van der Waals surface area (Å²) in [4.78, 5) is 37.3. The minimum atomic E-state index is -1.02. The van der Waals surface area contributed by atoms with Crippen LogP contribution in [0.2, 0.25) is 0 Å². The van der Waals surface area contributed by atoms with E-state index in [1.807, 2.05) is 24.3 Å². The van der Waals surface area contributed by atoms with Gasteiger partial charge in [-0.05, 0) is 35.4 Å². The van der Waals surface area contributed by atoms with Crippen molar-refractivity contribution in [2.45, 2.75) is 18.4 Å². The fraction of sp³-hybridized carbons (Fsp3) is 0.167. The van der Waals surface area contributed by atoms with E-state index in [1.165, 1.54) is 0 Å². The zero-order chi connectivity index (χ0) is 18.3. The van der Waals surface area contributed by atoms with Gasteiger partial charge in [-0.1, -0.05) is 40.2 Å². The van der Waals surface area contributed by atoms with Crippen LogP contribution in [-0.2, 0) is 17.6 Å². The number of fused-ring (bicyclic) bond motifs is 1. The minimum absolute atomic E-state index is 0.417. The van der Waals surface area contributed by atoms with Gasteiger partial charge < -0.3 is 10.6 Å². The number of nitrogens with one attached hydrogen (secondary N) is 3. The second-order valence-electron chi connectivity index (χ2n) is 6.35. The number of benzene rings is 2. The van der Waals surface area contributed by atoms with Crippen LogP contribution in [0.1, 0.15) is 11.1 Å². The molecule has 0 saturated carbocycles. The van der Waals surface area contributed by atoms with Gasteiger partial charge in [0.25, 0.3) is 5.91 Å². The van der Waals surface area contributed by atoms with Crippen LogP contribution in [-0.4, -0.2) is 28.5 Å². The Morgan fingerprint density at radius 2 is 1.65 bits per heavy atom. The summed E-state index contributed by atoms with van der Waals surface area (Å²) in [5.74, 6) is -0.454. The summed E-state index contributed by atoms with van der Waals surface area (Å²) < 4.78 is 0.875. The van der Waals surface area contributed by atoms with Crippen molar-refractivity contribution < 1.29 is 14.4 Å². The Kier molecular flexibility index (Phi) is 3.91. The van der Waals surface area contributed by atoms with Crippen molar-refractivity contribution in [1.29, 1.82) is 0 Å². The van der Waals surface area contributed by atoms with Crippen LogP contribution >= 0.6 is 15.9 Å². The fourth-order valence-corrected chi connectivity index (χ4v) is 3.63. The van der Waals surface area contributed by atoms with Crippen LogP contribution in [0.4, 0.5) is 15.3 Å². The highest BCUT2D eigenvalue weighted by atomic mass is 79.9. The molecule has 4 rings (SSSR count).